The van der Waals surface area contributed by atoms with Crippen LogP contribution >= 0.6 is 27.3 Å². The van der Waals surface area contributed by atoms with E-state index < -0.39 is 0 Å². The zero-order valence-electron chi connectivity index (χ0n) is 11.4. The zero-order chi connectivity index (χ0) is 14.8. The second kappa shape index (κ2) is 6.07. The first-order valence-electron chi connectivity index (χ1n) is 6.50. The Balaban J connectivity index is 1.93. The molecule has 0 saturated heterocycles. The maximum absolute atomic E-state index is 12.0. The second-order valence-electron chi connectivity index (χ2n) is 4.61. The second-order valence-corrected chi connectivity index (χ2v) is 6.47. The van der Waals surface area contributed by atoms with Gasteiger partial charge in [0.1, 0.15) is 18.1 Å². The molecular formula is C15H14BrNO3S. The number of halogens is 1. The summed E-state index contributed by atoms with van der Waals surface area (Å²) in [6.07, 6.45) is 0. The normalized spacial score (nSPS) is 15.4. The molecule has 21 heavy (non-hydrogen) atoms. The number of rotatable bonds is 3. The van der Waals surface area contributed by atoms with Crippen molar-refractivity contribution in [3.63, 3.8) is 0 Å². The highest BCUT2D eigenvalue weighted by atomic mass is 79.9. The summed E-state index contributed by atoms with van der Waals surface area (Å²) in [7, 11) is 1.65. The van der Waals surface area contributed by atoms with Gasteiger partial charge in [-0.15, -0.1) is 11.3 Å². The summed E-state index contributed by atoms with van der Waals surface area (Å²) < 4.78 is 10.8. The van der Waals surface area contributed by atoms with Crippen LogP contribution in [-0.4, -0.2) is 26.2 Å². The third-order valence-corrected chi connectivity index (χ3v) is 5.57. The van der Waals surface area contributed by atoms with E-state index in [1.54, 1.807) is 18.4 Å². The van der Waals surface area contributed by atoms with E-state index in [-0.39, 0.29) is 10.7 Å². The van der Waals surface area contributed by atoms with Crippen LogP contribution in [0.15, 0.2) is 29.6 Å². The molecular weight excluding hydrogens is 354 g/mol. The maximum atomic E-state index is 12.0. The van der Waals surface area contributed by atoms with Gasteiger partial charge in [-0.1, -0.05) is 22.0 Å². The molecule has 0 saturated carbocycles. The molecule has 3 rings (SSSR count). The SMILES string of the molecule is COc1csc(C(Br)c2ccc3c(c2)C(=O)NCCO3)c1. The summed E-state index contributed by atoms with van der Waals surface area (Å²) in [6.45, 7) is 1.03. The minimum absolute atomic E-state index is 0.0211. The molecule has 0 spiro atoms. The van der Waals surface area contributed by atoms with E-state index >= 15 is 0 Å². The Morgan fingerprint density at radius 3 is 3.05 bits per heavy atom. The monoisotopic (exact) mass is 367 g/mol. The van der Waals surface area contributed by atoms with Gasteiger partial charge in [-0.25, -0.2) is 0 Å². The lowest BCUT2D eigenvalue weighted by Gasteiger charge is -2.11. The lowest BCUT2D eigenvalue weighted by atomic mass is 10.1. The number of hydrogen-bond donors (Lipinski definition) is 1. The van der Waals surface area contributed by atoms with Gasteiger partial charge in [0, 0.05) is 10.3 Å². The van der Waals surface area contributed by atoms with Crippen LogP contribution in [0.25, 0.3) is 0 Å². The van der Waals surface area contributed by atoms with Crippen LogP contribution in [0.3, 0.4) is 0 Å². The first kappa shape index (κ1) is 14.4. The molecule has 4 nitrogen and oxygen atoms in total. The van der Waals surface area contributed by atoms with Crippen molar-refractivity contribution < 1.29 is 14.3 Å². The highest BCUT2D eigenvalue weighted by Gasteiger charge is 2.20. The topological polar surface area (TPSA) is 47.6 Å². The molecule has 110 valence electrons. The third kappa shape index (κ3) is 2.91. The van der Waals surface area contributed by atoms with Gasteiger partial charge < -0.3 is 14.8 Å². The number of methoxy groups -OCH3 is 1. The first-order chi connectivity index (χ1) is 10.2. The summed E-state index contributed by atoms with van der Waals surface area (Å²) in [5, 5.41) is 4.78. The Labute approximate surface area is 135 Å². The van der Waals surface area contributed by atoms with Crippen molar-refractivity contribution >= 4 is 33.2 Å². The predicted octanol–water partition coefficient (Wildman–Crippen LogP) is 3.36. The summed E-state index contributed by atoms with van der Waals surface area (Å²) in [6, 6.07) is 7.70. The van der Waals surface area contributed by atoms with Crippen molar-refractivity contribution in [3.05, 3.63) is 45.6 Å². The summed E-state index contributed by atoms with van der Waals surface area (Å²) in [5.41, 5.74) is 1.59. The van der Waals surface area contributed by atoms with Gasteiger partial charge in [-0.05, 0) is 23.8 Å². The fourth-order valence-electron chi connectivity index (χ4n) is 2.17. The van der Waals surface area contributed by atoms with Gasteiger partial charge >= 0.3 is 0 Å². The zero-order valence-corrected chi connectivity index (χ0v) is 13.8. The number of nitrogens with one attached hydrogen (secondary N) is 1. The van der Waals surface area contributed by atoms with Crippen LogP contribution in [0.4, 0.5) is 0 Å². The minimum atomic E-state index is -0.0900. The quantitative estimate of drug-likeness (QED) is 0.846. The maximum Gasteiger partial charge on any atom is 0.255 e. The lowest BCUT2D eigenvalue weighted by molar-refractivity contribution is 0.0957. The van der Waals surface area contributed by atoms with Crippen molar-refractivity contribution in [2.24, 2.45) is 0 Å². The molecule has 1 N–H and O–H groups in total. The summed E-state index contributed by atoms with van der Waals surface area (Å²) in [5.74, 6) is 1.39. The van der Waals surface area contributed by atoms with Crippen molar-refractivity contribution in [1.82, 2.24) is 5.32 Å². The fraction of sp³-hybridized carbons (Fsp3) is 0.267. The molecule has 0 bridgehead atoms. The molecule has 0 fully saturated rings. The molecule has 2 heterocycles. The first-order valence-corrected chi connectivity index (χ1v) is 8.30. The molecule has 1 unspecified atom stereocenters. The molecule has 1 aromatic heterocycles. The molecule has 1 aromatic carbocycles. The van der Waals surface area contributed by atoms with Crippen LogP contribution in [0.2, 0.25) is 0 Å². The number of carbonyl (C=O) groups excluding carboxylic acids is 1. The van der Waals surface area contributed by atoms with Gasteiger partial charge in [-0.3, -0.25) is 4.79 Å². The highest BCUT2D eigenvalue weighted by Crippen LogP contribution is 2.38. The van der Waals surface area contributed by atoms with E-state index in [1.807, 2.05) is 29.6 Å². The Hall–Kier alpha value is -1.53. The number of carbonyl (C=O) groups is 1. The number of amides is 1. The highest BCUT2D eigenvalue weighted by molar-refractivity contribution is 9.09. The third-order valence-electron chi connectivity index (χ3n) is 3.27. The van der Waals surface area contributed by atoms with E-state index in [0.29, 0.717) is 24.5 Å². The van der Waals surface area contributed by atoms with Gasteiger partial charge in [0.2, 0.25) is 0 Å². The van der Waals surface area contributed by atoms with E-state index in [0.717, 1.165) is 16.2 Å². The Bertz CT molecular complexity index is 671. The Kier molecular flexibility index (Phi) is 4.17. The average Bonchev–Trinajstić information content (AvgIpc) is 2.92. The van der Waals surface area contributed by atoms with Crippen LogP contribution < -0.4 is 14.8 Å². The Morgan fingerprint density at radius 2 is 2.29 bits per heavy atom. The number of hydrogen-bond acceptors (Lipinski definition) is 4. The smallest absolute Gasteiger partial charge is 0.255 e. The van der Waals surface area contributed by atoms with Crippen molar-refractivity contribution in [1.29, 1.82) is 0 Å². The van der Waals surface area contributed by atoms with E-state index in [1.165, 1.54) is 0 Å². The Morgan fingerprint density at radius 1 is 1.43 bits per heavy atom. The van der Waals surface area contributed by atoms with Crippen LogP contribution in [-0.2, 0) is 0 Å². The van der Waals surface area contributed by atoms with Gasteiger partial charge in [0.15, 0.2) is 0 Å². The standard InChI is InChI=1S/C15H14BrNO3S/c1-19-10-7-13(21-8-10)14(16)9-2-3-12-11(6-9)15(18)17-4-5-20-12/h2-3,6-8,14H,4-5H2,1H3,(H,17,18). The minimum Gasteiger partial charge on any atom is -0.496 e. The predicted molar refractivity (Wildman–Crippen MR) is 85.9 cm³/mol. The average molecular weight is 368 g/mol. The van der Waals surface area contributed by atoms with Crippen molar-refractivity contribution in [2.75, 3.05) is 20.3 Å². The van der Waals surface area contributed by atoms with Crippen LogP contribution in [0.1, 0.15) is 25.6 Å². The van der Waals surface area contributed by atoms with E-state index in [4.69, 9.17) is 9.47 Å². The largest absolute Gasteiger partial charge is 0.496 e. The number of thiophene rings is 1. The van der Waals surface area contributed by atoms with E-state index in [2.05, 4.69) is 21.2 Å². The van der Waals surface area contributed by atoms with Crippen molar-refractivity contribution in [3.8, 4) is 11.5 Å². The number of ether oxygens (including phenoxy) is 2. The summed E-state index contributed by atoms with van der Waals surface area (Å²) in [4.78, 5) is 13.2. The molecule has 1 aliphatic rings. The molecule has 2 aromatic rings. The molecule has 1 amide bonds. The van der Waals surface area contributed by atoms with Crippen LogP contribution in [0, 0.1) is 0 Å². The van der Waals surface area contributed by atoms with Gasteiger partial charge in [-0.2, -0.15) is 0 Å². The molecule has 1 aliphatic heterocycles. The molecule has 1 atom stereocenters. The molecule has 0 aliphatic carbocycles. The number of fused-ring (bicyclic) bond motifs is 1. The lowest BCUT2D eigenvalue weighted by Crippen LogP contribution is -2.24. The van der Waals surface area contributed by atoms with Gasteiger partial charge in [0.05, 0.1) is 24.0 Å². The number of benzene rings is 1. The van der Waals surface area contributed by atoms with E-state index in [9.17, 15) is 4.79 Å². The van der Waals surface area contributed by atoms with Crippen LogP contribution in [0.5, 0.6) is 11.5 Å². The molecule has 6 heteroatoms. The fourth-order valence-corrected chi connectivity index (χ4v) is 3.76. The van der Waals surface area contributed by atoms with Crippen molar-refractivity contribution in [2.45, 2.75) is 4.83 Å². The molecule has 0 radical (unpaired) electrons. The number of alkyl halides is 1. The van der Waals surface area contributed by atoms with Gasteiger partial charge in [0.25, 0.3) is 5.91 Å². The summed E-state index contributed by atoms with van der Waals surface area (Å²) >= 11 is 5.30.